The highest BCUT2D eigenvalue weighted by molar-refractivity contribution is 5.98. The van der Waals surface area contributed by atoms with Crippen molar-refractivity contribution >= 4 is 17.5 Å². The van der Waals surface area contributed by atoms with Gasteiger partial charge < -0.3 is 9.80 Å². The number of benzene rings is 2. The van der Waals surface area contributed by atoms with Crippen LogP contribution in [0.5, 0.6) is 0 Å². The van der Waals surface area contributed by atoms with E-state index in [-0.39, 0.29) is 18.4 Å². The molecule has 2 aromatic carbocycles. The second-order valence-electron chi connectivity index (χ2n) is 6.45. The molecular formula is C21H24N2O2. The van der Waals surface area contributed by atoms with Crippen LogP contribution in [0.3, 0.4) is 0 Å². The van der Waals surface area contributed by atoms with Gasteiger partial charge in [-0.15, -0.1) is 0 Å². The molecule has 0 aliphatic carbocycles. The lowest BCUT2D eigenvalue weighted by Gasteiger charge is -2.24. The summed E-state index contributed by atoms with van der Waals surface area (Å²) in [4.78, 5) is 28.1. The molecule has 3 rings (SSSR count). The first kappa shape index (κ1) is 17.2. The topological polar surface area (TPSA) is 40.6 Å². The maximum atomic E-state index is 12.7. The molecule has 0 spiro atoms. The SMILES string of the molecule is CC(=O)N(CCCc1ccccc1)CC(=O)N1CCc2ccccc21. The molecule has 130 valence electrons. The number of carbonyl (C=O) groups is 2. The van der Waals surface area contributed by atoms with Gasteiger partial charge in [0.1, 0.15) is 6.54 Å². The van der Waals surface area contributed by atoms with E-state index in [0.717, 1.165) is 24.9 Å². The zero-order chi connectivity index (χ0) is 17.6. The van der Waals surface area contributed by atoms with Gasteiger partial charge in [-0.1, -0.05) is 48.5 Å². The lowest BCUT2D eigenvalue weighted by molar-refractivity contribution is -0.133. The van der Waals surface area contributed by atoms with Crippen molar-refractivity contribution < 1.29 is 9.59 Å². The lowest BCUT2D eigenvalue weighted by Crippen LogP contribution is -2.42. The summed E-state index contributed by atoms with van der Waals surface area (Å²) in [5.74, 6) is -0.0474. The lowest BCUT2D eigenvalue weighted by atomic mass is 10.1. The number of nitrogens with zero attached hydrogens (tertiary/aromatic N) is 2. The van der Waals surface area contributed by atoms with Crippen molar-refractivity contribution in [3.05, 3.63) is 65.7 Å². The van der Waals surface area contributed by atoms with Gasteiger partial charge in [0, 0.05) is 25.7 Å². The Kier molecular flexibility index (Phi) is 5.49. The molecule has 4 heteroatoms. The molecule has 25 heavy (non-hydrogen) atoms. The summed E-state index contributed by atoms with van der Waals surface area (Å²) in [6.45, 7) is 2.99. The number of fused-ring (bicyclic) bond motifs is 1. The molecule has 2 amide bonds. The Morgan fingerprint density at radius 3 is 2.52 bits per heavy atom. The van der Waals surface area contributed by atoms with E-state index in [1.54, 1.807) is 4.90 Å². The van der Waals surface area contributed by atoms with Crippen LogP contribution in [0.25, 0.3) is 0 Å². The van der Waals surface area contributed by atoms with Gasteiger partial charge in [0.2, 0.25) is 11.8 Å². The van der Waals surface area contributed by atoms with Gasteiger partial charge in [0.25, 0.3) is 0 Å². The molecule has 0 radical (unpaired) electrons. The largest absolute Gasteiger partial charge is 0.334 e. The summed E-state index contributed by atoms with van der Waals surface area (Å²) >= 11 is 0. The third kappa shape index (κ3) is 4.27. The third-order valence-electron chi connectivity index (χ3n) is 4.70. The number of amides is 2. The van der Waals surface area contributed by atoms with Crippen molar-refractivity contribution in [3.8, 4) is 0 Å². The number of anilines is 1. The number of aryl methyl sites for hydroxylation is 1. The van der Waals surface area contributed by atoms with Crippen LogP contribution in [0.1, 0.15) is 24.5 Å². The summed E-state index contributed by atoms with van der Waals surface area (Å²) in [5.41, 5.74) is 3.44. The van der Waals surface area contributed by atoms with Crippen molar-refractivity contribution in [2.45, 2.75) is 26.2 Å². The van der Waals surface area contributed by atoms with Crippen molar-refractivity contribution in [1.29, 1.82) is 0 Å². The van der Waals surface area contributed by atoms with Crippen LogP contribution in [-0.4, -0.2) is 36.3 Å². The van der Waals surface area contributed by atoms with Gasteiger partial charge in [-0.25, -0.2) is 0 Å². The van der Waals surface area contributed by atoms with Gasteiger partial charge in [0.05, 0.1) is 0 Å². The number of para-hydroxylation sites is 1. The van der Waals surface area contributed by atoms with E-state index in [1.165, 1.54) is 18.1 Å². The van der Waals surface area contributed by atoms with Gasteiger partial charge in [-0.05, 0) is 36.5 Å². The van der Waals surface area contributed by atoms with E-state index in [2.05, 4.69) is 18.2 Å². The molecule has 0 unspecified atom stereocenters. The molecule has 0 atom stereocenters. The van der Waals surface area contributed by atoms with Gasteiger partial charge in [-0.3, -0.25) is 9.59 Å². The Balaban J connectivity index is 1.57. The fraction of sp³-hybridized carbons (Fsp3) is 0.333. The predicted molar refractivity (Wildman–Crippen MR) is 99.5 cm³/mol. The van der Waals surface area contributed by atoms with E-state index in [0.29, 0.717) is 13.1 Å². The highest BCUT2D eigenvalue weighted by Gasteiger charge is 2.26. The molecule has 1 heterocycles. The van der Waals surface area contributed by atoms with Crippen LogP contribution in [0, 0.1) is 0 Å². The third-order valence-corrected chi connectivity index (χ3v) is 4.70. The first-order valence-electron chi connectivity index (χ1n) is 8.83. The van der Waals surface area contributed by atoms with Crippen LogP contribution in [0.2, 0.25) is 0 Å². The second-order valence-corrected chi connectivity index (χ2v) is 6.45. The van der Waals surface area contributed by atoms with Crippen molar-refractivity contribution in [2.24, 2.45) is 0 Å². The molecule has 0 fully saturated rings. The van der Waals surface area contributed by atoms with E-state index in [4.69, 9.17) is 0 Å². The number of carbonyl (C=O) groups excluding carboxylic acids is 2. The van der Waals surface area contributed by atoms with Gasteiger partial charge in [0.15, 0.2) is 0 Å². The molecule has 0 bridgehead atoms. The molecule has 0 aromatic heterocycles. The molecule has 4 nitrogen and oxygen atoms in total. The number of hydrogen-bond acceptors (Lipinski definition) is 2. The quantitative estimate of drug-likeness (QED) is 0.813. The average Bonchev–Trinajstić information content (AvgIpc) is 3.06. The number of hydrogen-bond donors (Lipinski definition) is 0. The molecular weight excluding hydrogens is 312 g/mol. The summed E-state index contributed by atoms with van der Waals surface area (Å²) in [7, 11) is 0. The first-order valence-corrected chi connectivity index (χ1v) is 8.83. The van der Waals surface area contributed by atoms with E-state index in [9.17, 15) is 9.59 Å². The van der Waals surface area contributed by atoms with Crippen molar-refractivity contribution in [2.75, 3.05) is 24.5 Å². The van der Waals surface area contributed by atoms with Crippen LogP contribution in [0.15, 0.2) is 54.6 Å². The standard InChI is InChI=1S/C21H24N2O2/c1-17(24)22(14-7-10-18-8-3-2-4-9-18)16-21(25)23-15-13-19-11-5-6-12-20(19)23/h2-6,8-9,11-12H,7,10,13-16H2,1H3. The summed E-state index contributed by atoms with van der Waals surface area (Å²) in [5, 5.41) is 0. The second kappa shape index (κ2) is 7.97. The molecule has 0 saturated heterocycles. The van der Waals surface area contributed by atoms with Gasteiger partial charge in [-0.2, -0.15) is 0 Å². The molecule has 1 aliphatic heterocycles. The molecule has 0 saturated carbocycles. The summed E-state index contributed by atoms with van der Waals surface area (Å²) in [6.07, 6.45) is 2.65. The first-order chi connectivity index (χ1) is 12.1. The molecule has 2 aromatic rings. The van der Waals surface area contributed by atoms with E-state index >= 15 is 0 Å². The summed E-state index contributed by atoms with van der Waals surface area (Å²) < 4.78 is 0. The number of rotatable bonds is 6. The van der Waals surface area contributed by atoms with Crippen LogP contribution in [0.4, 0.5) is 5.69 Å². The maximum Gasteiger partial charge on any atom is 0.246 e. The van der Waals surface area contributed by atoms with E-state index in [1.807, 2.05) is 41.3 Å². The van der Waals surface area contributed by atoms with Crippen molar-refractivity contribution in [1.82, 2.24) is 4.90 Å². The fourth-order valence-electron chi connectivity index (χ4n) is 3.31. The van der Waals surface area contributed by atoms with E-state index < -0.39 is 0 Å². The van der Waals surface area contributed by atoms with Gasteiger partial charge >= 0.3 is 0 Å². The normalized spacial score (nSPS) is 12.8. The molecule has 0 N–H and O–H groups in total. The predicted octanol–water partition coefficient (Wildman–Crippen LogP) is 3.06. The summed E-state index contributed by atoms with van der Waals surface area (Å²) in [6, 6.07) is 18.2. The highest BCUT2D eigenvalue weighted by Crippen LogP contribution is 2.27. The zero-order valence-electron chi connectivity index (χ0n) is 14.6. The van der Waals surface area contributed by atoms with Crippen LogP contribution >= 0.6 is 0 Å². The zero-order valence-corrected chi connectivity index (χ0v) is 14.6. The Morgan fingerprint density at radius 1 is 1.04 bits per heavy atom. The Morgan fingerprint density at radius 2 is 1.76 bits per heavy atom. The van der Waals surface area contributed by atoms with Crippen molar-refractivity contribution in [3.63, 3.8) is 0 Å². The smallest absolute Gasteiger partial charge is 0.246 e. The minimum atomic E-state index is -0.0473. The monoisotopic (exact) mass is 336 g/mol. The average molecular weight is 336 g/mol. The maximum absolute atomic E-state index is 12.7. The minimum Gasteiger partial charge on any atom is -0.334 e. The Hall–Kier alpha value is -2.62. The highest BCUT2D eigenvalue weighted by atomic mass is 16.2. The Bertz CT molecular complexity index is 743. The van der Waals surface area contributed by atoms with Crippen LogP contribution < -0.4 is 4.90 Å². The van der Waals surface area contributed by atoms with Crippen LogP contribution in [-0.2, 0) is 22.4 Å². The molecule has 1 aliphatic rings. The fourth-order valence-corrected chi connectivity index (χ4v) is 3.31. The Labute approximate surface area is 149 Å². The minimum absolute atomic E-state index is 0.000129.